The molecule has 1 aliphatic heterocycles. The van der Waals surface area contributed by atoms with Gasteiger partial charge >= 0.3 is 0 Å². The van der Waals surface area contributed by atoms with Crippen LogP contribution in [0.1, 0.15) is 34.3 Å². The minimum Gasteiger partial charge on any atom is -0.388 e. The van der Waals surface area contributed by atoms with Gasteiger partial charge in [-0.3, -0.25) is 9.59 Å². The van der Waals surface area contributed by atoms with Crippen molar-refractivity contribution in [2.75, 3.05) is 39.4 Å². The Morgan fingerprint density at radius 2 is 1.70 bits per heavy atom. The number of aryl methyl sites for hydroxylation is 1. The van der Waals surface area contributed by atoms with Crippen molar-refractivity contribution in [2.45, 2.75) is 38.1 Å². The molecule has 200 valence electrons. The third-order valence-electron chi connectivity index (χ3n) is 6.24. The number of benzene rings is 2. The van der Waals surface area contributed by atoms with E-state index in [1.54, 1.807) is 11.0 Å². The smallest absolute Gasteiger partial charge is 0.254 e. The van der Waals surface area contributed by atoms with E-state index in [0.717, 1.165) is 23.3 Å². The zero-order chi connectivity index (χ0) is 26.8. The van der Waals surface area contributed by atoms with Crippen LogP contribution in [0.15, 0.2) is 54.6 Å². The summed E-state index contributed by atoms with van der Waals surface area (Å²) in [5.74, 6) is -1.21. The summed E-state index contributed by atoms with van der Waals surface area (Å²) in [7, 11) is 0. The van der Waals surface area contributed by atoms with Crippen LogP contribution in [0, 0.1) is 12.7 Å². The number of carbonyl (C=O) groups excluding carboxylic acids is 2. The molecule has 3 N–H and O–H groups in total. The maximum Gasteiger partial charge on any atom is 0.254 e. The second-order valence-electron chi connectivity index (χ2n) is 9.24. The molecule has 9 heteroatoms. The van der Waals surface area contributed by atoms with Crippen LogP contribution in [0.25, 0.3) is 6.08 Å². The first-order chi connectivity index (χ1) is 17.7. The molecule has 2 amide bonds. The first kappa shape index (κ1) is 28.5. The van der Waals surface area contributed by atoms with E-state index < -0.39 is 30.0 Å². The summed E-state index contributed by atoms with van der Waals surface area (Å²) in [5.41, 5.74) is 2.17. The number of carbonyl (C=O) groups is 2. The summed E-state index contributed by atoms with van der Waals surface area (Å²) in [6.45, 7) is 2.50. The van der Waals surface area contributed by atoms with Gasteiger partial charge in [-0.05, 0) is 55.7 Å². The fourth-order valence-corrected chi connectivity index (χ4v) is 4.07. The number of aliphatic hydroxyl groups excluding tert-OH is 3. The van der Waals surface area contributed by atoms with Crippen molar-refractivity contribution in [3.05, 3.63) is 77.1 Å². The van der Waals surface area contributed by atoms with E-state index in [0.29, 0.717) is 26.0 Å². The third-order valence-corrected chi connectivity index (χ3v) is 6.24. The largest absolute Gasteiger partial charge is 0.388 e. The molecule has 37 heavy (non-hydrogen) atoms. The molecule has 0 spiro atoms. The molecular formula is C28H35FN2O6. The lowest BCUT2D eigenvalue weighted by atomic mass is 10.1. The number of amides is 2. The number of ether oxygens (including phenoxy) is 1. The average molecular weight is 515 g/mol. The van der Waals surface area contributed by atoms with Crippen molar-refractivity contribution < 1.29 is 34.0 Å². The van der Waals surface area contributed by atoms with Gasteiger partial charge in [0, 0.05) is 44.4 Å². The van der Waals surface area contributed by atoms with Crippen LogP contribution >= 0.6 is 0 Å². The predicted molar refractivity (Wildman–Crippen MR) is 137 cm³/mol. The van der Waals surface area contributed by atoms with Crippen molar-refractivity contribution >= 4 is 17.9 Å². The molecule has 3 atom stereocenters. The van der Waals surface area contributed by atoms with Crippen molar-refractivity contribution in [3.8, 4) is 0 Å². The number of nitrogens with zero attached hydrogens (tertiary/aromatic N) is 2. The molecule has 0 bridgehead atoms. The summed E-state index contributed by atoms with van der Waals surface area (Å²) in [4.78, 5) is 29.2. The van der Waals surface area contributed by atoms with Gasteiger partial charge in [0.25, 0.3) is 5.91 Å². The van der Waals surface area contributed by atoms with E-state index in [1.165, 1.54) is 23.1 Å². The maximum absolute atomic E-state index is 13.4. The molecule has 2 aromatic rings. The number of hydrogen-bond acceptors (Lipinski definition) is 6. The molecule has 0 aromatic heterocycles. The Bertz CT molecular complexity index is 1060. The number of β-amino-alcohol motifs (C(OH)–C–C–N with tert-alkyl or cyclic N) is 1. The first-order valence-electron chi connectivity index (χ1n) is 12.4. The van der Waals surface area contributed by atoms with Crippen LogP contribution in [0.4, 0.5) is 4.39 Å². The molecule has 1 fully saturated rings. The van der Waals surface area contributed by atoms with Crippen molar-refractivity contribution in [1.29, 1.82) is 0 Å². The molecule has 0 radical (unpaired) electrons. The van der Waals surface area contributed by atoms with Gasteiger partial charge in [0.1, 0.15) is 24.1 Å². The zero-order valence-electron chi connectivity index (χ0n) is 21.0. The number of rotatable bonds is 3. The number of halogens is 1. The standard InChI is InChI=1S/C28H35FN2O6/c1-20-5-4-6-21(17-20)7-12-26(34)30-13-2-3-16-37-19-25(33)27(35)24(32)18-31(15-14-30)28(36)22-8-10-23(29)11-9-22/h4-12,17,24-25,27,32-33,35H,2-3,13-16,18-19H2,1H3/t24-,25+,27+/m0/s1. The van der Waals surface area contributed by atoms with Gasteiger partial charge in [0.05, 0.1) is 6.61 Å². The summed E-state index contributed by atoms with van der Waals surface area (Å²) in [5, 5.41) is 31.1. The number of aliphatic hydroxyl groups is 3. The van der Waals surface area contributed by atoms with Gasteiger partial charge in [-0.2, -0.15) is 0 Å². The normalized spacial score (nSPS) is 22.6. The second kappa shape index (κ2) is 14.0. The van der Waals surface area contributed by atoms with E-state index in [9.17, 15) is 29.3 Å². The highest BCUT2D eigenvalue weighted by Gasteiger charge is 2.29. The number of hydrogen-bond donors (Lipinski definition) is 3. The summed E-state index contributed by atoms with van der Waals surface area (Å²) >= 11 is 0. The zero-order valence-corrected chi connectivity index (χ0v) is 21.0. The van der Waals surface area contributed by atoms with Gasteiger partial charge in [-0.15, -0.1) is 0 Å². The molecule has 2 aromatic carbocycles. The van der Waals surface area contributed by atoms with Crippen LogP contribution in [0.3, 0.4) is 0 Å². The van der Waals surface area contributed by atoms with E-state index >= 15 is 0 Å². The highest BCUT2D eigenvalue weighted by atomic mass is 19.1. The lowest BCUT2D eigenvalue weighted by molar-refractivity contribution is -0.126. The third kappa shape index (κ3) is 8.75. The van der Waals surface area contributed by atoms with Gasteiger partial charge in [0.2, 0.25) is 5.91 Å². The maximum atomic E-state index is 13.4. The van der Waals surface area contributed by atoms with Gasteiger partial charge < -0.3 is 29.9 Å². The molecule has 1 aliphatic rings. The van der Waals surface area contributed by atoms with Gasteiger partial charge in [0.15, 0.2) is 0 Å². The molecule has 8 nitrogen and oxygen atoms in total. The molecule has 1 heterocycles. The summed E-state index contributed by atoms with van der Waals surface area (Å²) in [6, 6.07) is 12.8. The first-order valence-corrected chi connectivity index (χ1v) is 12.4. The van der Waals surface area contributed by atoms with Gasteiger partial charge in [-0.1, -0.05) is 29.8 Å². The van der Waals surface area contributed by atoms with E-state index in [1.807, 2.05) is 31.2 Å². The second-order valence-corrected chi connectivity index (χ2v) is 9.24. The quantitative estimate of drug-likeness (QED) is 0.541. The monoisotopic (exact) mass is 514 g/mol. The molecule has 3 rings (SSSR count). The van der Waals surface area contributed by atoms with Crippen LogP contribution in [0.5, 0.6) is 0 Å². The highest BCUT2D eigenvalue weighted by Crippen LogP contribution is 2.13. The Labute approximate surface area is 216 Å². The van der Waals surface area contributed by atoms with Crippen LogP contribution in [0.2, 0.25) is 0 Å². The highest BCUT2D eigenvalue weighted by molar-refractivity contribution is 5.94. The fraction of sp³-hybridized carbons (Fsp3) is 0.429. The summed E-state index contributed by atoms with van der Waals surface area (Å²) < 4.78 is 18.8. The SMILES string of the molecule is Cc1cccc(C=CC(=O)N2CCCCOC[C@@H](O)[C@H](O)[C@@H](O)CN(C(=O)c3ccc(F)cc3)CC2)c1. The Balaban J connectivity index is 1.80. The predicted octanol–water partition coefficient (Wildman–Crippen LogP) is 2.01. The van der Waals surface area contributed by atoms with E-state index in [4.69, 9.17) is 4.74 Å². The topological polar surface area (TPSA) is 111 Å². The Morgan fingerprint density at radius 1 is 0.973 bits per heavy atom. The molecule has 1 saturated heterocycles. The van der Waals surface area contributed by atoms with Crippen LogP contribution < -0.4 is 0 Å². The molecule has 0 saturated carbocycles. The van der Waals surface area contributed by atoms with Gasteiger partial charge in [-0.25, -0.2) is 4.39 Å². The van der Waals surface area contributed by atoms with E-state index in [-0.39, 0.29) is 37.7 Å². The van der Waals surface area contributed by atoms with Crippen LogP contribution in [-0.4, -0.2) is 94.6 Å². The van der Waals surface area contributed by atoms with Crippen molar-refractivity contribution in [2.24, 2.45) is 0 Å². The lowest BCUT2D eigenvalue weighted by Gasteiger charge is -2.32. The fourth-order valence-electron chi connectivity index (χ4n) is 4.07. The van der Waals surface area contributed by atoms with Crippen molar-refractivity contribution in [1.82, 2.24) is 9.80 Å². The minimum absolute atomic E-state index is 0.0661. The lowest BCUT2D eigenvalue weighted by Crippen LogP contribution is -2.49. The molecule has 0 aliphatic carbocycles. The molecule has 0 unspecified atom stereocenters. The van der Waals surface area contributed by atoms with E-state index in [2.05, 4.69) is 0 Å². The Kier molecular flexibility index (Phi) is 10.8. The Morgan fingerprint density at radius 3 is 2.43 bits per heavy atom. The molecular weight excluding hydrogens is 479 g/mol. The van der Waals surface area contributed by atoms with Crippen molar-refractivity contribution in [3.63, 3.8) is 0 Å². The minimum atomic E-state index is -1.54. The Hall–Kier alpha value is -3.11. The average Bonchev–Trinajstić information content (AvgIpc) is 2.89. The summed E-state index contributed by atoms with van der Waals surface area (Å²) in [6.07, 6.45) is 0.164. The van der Waals surface area contributed by atoms with Crippen LogP contribution in [-0.2, 0) is 9.53 Å².